The van der Waals surface area contributed by atoms with Gasteiger partial charge in [0.2, 0.25) is 0 Å². The molecule has 0 atom stereocenters. The first-order chi connectivity index (χ1) is 18.2. The van der Waals surface area contributed by atoms with E-state index < -0.39 is 0 Å². The van der Waals surface area contributed by atoms with E-state index in [0.717, 1.165) is 60.3 Å². The lowest BCUT2D eigenvalue weighted by molar-refractivity contribution is 0.530. The van der Waals surface area contributed by atoms with Crippen LogP contribution in [0.15, 0.2) is 103 Å². The van der Waals surface area contributed by atoms with Crippen LogP contribution < -0.4 is 5.73 Å². The second-order valence-electron chi connectivity index (χ2n) is 8.71. The molecule has 0 aromatic carbocycles. The van der Waals surface area contributed by atoms with Crippen molar-refractivity contribution in [1.82, 2.24) is 19.9 Å². The zero-order valence-corrected chi connectivity index (χ0v) is 23.8. The molecule has 6 heteroatoms. The molecule has 3 heterocycles. The maximum Gasteiger partial charge on any atom is 0.116 e. The highest BCUT2D eigenvalue weighted by atomic mass is 32.1. The Morgan fingerprint density at radius 1 is 1.13 bits per heavy atom. The highest BCUT2D eigenvalue weighted by Gasteiger charge is 2.15. The van der Waals surface area contributed by atoms with Gasteiger partial charge in [0.15, 0.2) is 0 Å². The standard InChI is InChI=1S/C30H35N5S.C2H2/c1-9-21(17-23(10-2)35(7)8)20(6)16-22(24(31)11-3)18-28-33-25-14-15-32-30(29(25)34-28)27-13-12-26(36-27)19(4)5;1-2/h9-17H,2,4,6,18,31H2,1,3,5,7-8H3,(H,33,34);1-2H/b21-9+,22-16-,23-17+,24-11+;. The third kappa shape index (κ3) is 7.12. The number of hydrogen-bond acceptors (Lipinski definition) is 5. The average Bonchev–Trinajstić information content (AvgIpc) is 3.56. The number of fused-ring (bicyclic) bond motifs is 1. The van der Waals surface area contributed by atoms with E-state index in [1.807, 2.05) is 76.3 Å². The van der Waals surface area contributed by atoms with Gasteiger partial charge in [-0.1, -0.05) is 31.9 Å². The Morgan fingerprint density at radius 3 is 2.39 bits per heavy atom. The monoisotopic (exact) mass is 523 g/mol. The Morgan fingerprint density at radius 2 is 1.84 bits per heavy atom. The number of aromatic nitrogens is 3. The molecule has 3 N–H and O–H groups in total. The Bertz CT molecular complexity index is 1470. The number of pyridine rings is 1. The average molecular weight is 524 g/mol. The van der Waals surface area contributed by atoms with Crippen molar-refractivity contribution in [3.63, 3.8) is 0 Å². The second kappa shape index (κ2) is 13.8. The lowest BCUT2D eigenvalue weighted by Gasteiger charge is -2.15. The van der Waals surface area contributed by atoms with Gasteiger partial charge in [0.05, 0.1) is 10.4 Å². The van der Waals surface area contributed by atoms with Crippen molar-refractivity contribution >= 4 is 27.9 Å². The molecule has 3 rings (SSSR count). The van der Waals surface area contributed by atoms with Crippen molar-refractivity contribution in [2.75, 3.05) is 14.1 Å². The van der Waals surface area contributed by atoms with Crippen LogP contribution in [-0.2, 0) is 6.42 Å². The van der Waals surface area contributed by atoms with Crippen molar-refractivity contribution in [1.29, 1.82) is 0 Å². The number of thiophene rings is 1. The Labute approximate surface area is 231 Å². The topological polar surface area (TPSA) is 70.8 Å². The fourth-order valence-electron chi connectivity index (χ4n) is 3.73. The van der Waals surface area contributed by atoms with Gasteiger partial charge < -0.3 is 15.6 Å². The number of terminal acetylenes is 1. The summed E-state index contributed by atoms with van der Waals surface area (Å²) in [6.45, 7) is 18.2. The zero-order valence-electron chi connectivity index (χ0n) is 23.0. The van der Waals surface area contributed by atoms with E-state index in [4.69, 9.17) is 10.7 Å². The summed E-state index contributed by atoms with van der Waals surface area (Å²) in [6, 6.07) is 6.11. The second-order valence-corrected chi connectivity index (χ2v) is 9.79. The quantitative estimate of drug-likeness (QED) is 0.214. The minimum Gasteiger partial charge on any atom is -0.399 e. The molecule has 5 nitrogen and oxygen atoms in total. The van der Waals surface area contributed by atoms with E-state index in [1.165, 1.54) is 0 Å². The maximum atomic E-state index is 6.41. The molecule has 0 bridgehead atoms. The van der Waals surface area contributed by atoms with Crippen LogP contribution in [0.1, 0.15) is 31.5 Å². The molecular weight excluding hydrogens is 486 g/mol. The summed E-state index contributed by atoms with van der Waals surface area (Å²) in [4.78, 5) is 17.2. The van der Waals surface area contributed by atoms with Crippen LogP contribution in [0.4, 0.5) is 0 Å². The number of H-pyrrole nitrogens is 1. The summed E-state index contributed by atoms with van der Waals surface area (Å²) in [7, 11) is 3.98. The van der Waals surface area contributed by atoms with Gasteiger partial charge in [-0.15, -0.1) is 24.2 Å². The number of rotatable bonds is 10. The Kier molecular flexibility index (Phi) is 10.9. The molecule has 0 aliphatic rings. The SMILES string of the molecule is C#C.C=C/C(=C\C(=C/C)C(=C)/C=C(Cc1nc2c(-c3ccc(C(=C)C)s3)nccc2[nH]1)\C(N)=C/C)N(C)C. The van der Waals surface area contributed by atoms with Gasteiger partial charge in [-0.3, -0.25) is 4.98 Å². The number of nitrogens with two attached hydrogens (primary N) is 1. The van der Waals surface area contributed by atoms with Crippen LogP contribution in [0.25, 0.3) is 27.2 Å². The molecule has 3 aromatic rings. The van der Waals surface area contributed by atoms with Crippen LogP contribution in [0.2, 0.25) is 0 Å². The predicted octanol–water partition coefficient (Wildman–Crippen LogP) is 7.43. The first kappa shape index (κ1) is 29.9. The van der Waals surface area contributed by atoms with Gasteiger partial charge in [0, 0.05) is 43.0 Å². The molecule has 0 unspecified atom stereocenters. The molecule has 196 valence electrons. The molecule has 38 heavy (non-hydrogen) atoms. The number of aromatic amines is 1. The normalized spacial score (nSPS) is 12.6. The molecule has 3 aromatic heterocycles. The lowest BCUT2D eigenvalue weighted by Crippen LogP contribution is -2.09. The summed E-state index contributed by atoms with van der Waals surface area (Å²) in [5.74, 6) is 0.817. The predicted molar refractivity (Wildman–Crippen MR) is 166 cm³/mol. The van der Waals surface area contributed by atoms with Crippen molar-refractivity contribution in [3.8, 4) is 23.4 Å². The molecule has 0 fully saturated rings. The highest BCUT2D eigenvalue weighted by Crippen LogP contribution is 2.33. The molecule has 0 amide bonds. The third-order valence-electron chi connectivity index (χ3n) is 5.81. The third-order valence-corrected chi connectivity index (χ3v) is 7.06. The molecule has 0 aliphatic carbocycles. The van der Waals surface area contributed by atoms with Gasteiger partial charge in [-0.2, -0.15) is 0 Å². The van der Waals surface area contributed by atoms with Crippen molar-refractivity contribution in [3.05, 3.63) is 113 Å². The number of nitrogens with zero attached hydrogens (tertiary/aromatic N) is 3. The molecular formula is C32H37N5S. The van der Waals surface area contributed by atoms with E-state index in [9.17, 15) is 0 Å². The van der Waals surface area contributed by atoms with Gasteiger partial charge in [-0.25, -0.2) is 4.98 Å². The molecule has 0 saturated heterocycles. The van der Waals surface area contributed by atoms with Crippen molar-refractivity contribution < 1.29 is 0 Å². The van der Waals surface area contributed by atoms with Gasteiger partial charge in [-0.05, 0) is 79.5 Å². The van der Waals surface area contributed by atoms with Crippen molar-refractivity contribution in [2.45, 2.75) is 27.2 Å². The Balaban J connectivity index is 0.00000247. The molecule has 0 spiro atoms. The molecule has 0 radical (unpaired) electrons. The number of hydrogen-bond donors (Lipinski definition) is 2. The molecule has 0 aliphatic heterocycles. The summed E-state index contributed by atoms with van der Waals surface area (Å²) in [5, 5.41) is 0. The number of allylic oxidation sites excluding steroid dienone is 9. The summed E-state index contributed by atoms with van der Waals surface area (Å²) >= 11 is 1.67. The lowest BCUT2D eigenvalue weighted by atomic mass is 9.99. The van der Waals surface area contributed by atoms with Crippen LogP contribution in [0, 0.1) is 12.8 Å². The highest BCUT2D eigenvalue weighted by molar-refractivity contribution is 7.16. The van der Waals surface area contributed by atoms with Crippen LogP contribution in [-0.4, -0.2) is 33.9 Å². The van der Waals surface area contributed by atoms with Crippen LogP contribution >= 0.6 is 11.3 Å². The summed E-state index contributed by atoms with van der Waals surface area (Å²) < 4.78 is 0. The van der Waals surface area contributed by atoms with E-state index in [-0.39, 0.29) is 0 Å². The van der Waals surface area contributed by atoms with Gasteiger partial charge >= 0.3 is 0 Å². The van der Waals surface area contributed by atoms with Crippen molar-refractivity contribution in [2.24, 2.45) is 5.73 Å². The minimum atomic E-state index is 0.535. The number of nitrogens with one attached hydrogen (secondary N) is 1. The van der Waals surface area contributed by atoms with E-state index in [2.05, 4.69) is 60.8 Å². The maximum absolute atomic E-state index is 6.41. The first-order valence-electron chi connectivity index (χ1n) is 12.1. The first-order valence-corrected chi connectivity index (χ1v) is 12.9. The van der Waals surface area contributed by atoms with E-state index in [1.54, 1.807) is 11.3 Å². The fourth-order valence-corrected chi connectivity index (χ4v) is 4.66. The Hall–Kier alpha value is -4.34. The van der Waals surface area contributed by atoms with E-state index >= 15 is 0 Å². The van der Waals surface area contributed by atoms with Gasteiger partial charge in [0.25, 0.3) is 0 Å². The summed E-state index contributed by atoms with van der Waals surface area (Å²) in [6.07, 6.45) is 20.2. The van der Waals surface area contributed by atoms with Crippen LogP contribution in [0.3, 0.4) is 0 Å². The summed E-state index contributed by atoms with van der Waals surface area (Å²) in [5.41, 5.74) is 14.6. The minimum absolute atomic E-state index is 0.535. The molecule has 0 saturated carbocycles. The smallest absolute Gasteiger partial charge is 0.116 e. The van der Waals surface area contributed by atoms with E-state index in [0.29, 0.717) is 12.1 Å². The number of imidazole rings is 1. The zero-order chi connectivity index (χ0) is 28.4. The number of likely N-dealkylation sites (N-methyl/N-ethyl adjacent to an activating group) is 1. The van der Waals surface area contributed by atoms with Crippen LogP contribution in [0.5, 0.6) is 0 Å². The fraction of sp³-hybridized carbons (Fsp3) is 0.188. The largest absolute Gasteiger partial charge is 0.399 e. The van der Waals surface area contributed by atoms with Gasteiger partial charge in [0.1, 0.15) is 17.0 Å².